The number of nitrogens with one attached hydrogen (secondary N) is 1. The van der Waals surface area contributed by atoms with Crippen LogP contribution in [-0.4, -0.2) is 43.4 Å². The Morgan fingerprint density at radius 2 is 2.00 bits per heavy atom. The Labute approximate surface area is 107 Å². The van der Waals surface area contributed by atoms with Crippen LogP contribution in [0, 0.1) is 0 Å². The van der Waals surface area contributed by atoms with E-state index in [1.54, 1.807) is 7.05 Å². The monoisotopic (exact) mass is 252 g/mol. The van der Waals surface area contributed by atoms with Crippen molar-refractivity contribution in [2.75, 3.05) is 32.1 Å². The number of hydrogen-bond donors (Lipinski definition) is 3. The fraction of sp³-hybridized carbons (Fsp3) is 0.462. The largest absolute Gasteiger partial charge is 0.481 e. The number of carboxylic acid groups (broad SMARTS) is 1. The average Bonchev–Trinajstić information content (AvgIpc) is 2.36. The number of rotatable bonds is 7. The molecule has 0 heterocycles. The summed E-state index contributed by atoms with van der Waals surface area (Å²) in [6.07, 6.45) is -0.408. The molecule has 0 aliphatic carbocycles. The molecular formula is C13H20N2O3. The van der Waals surface area contributed by atoms with Gasteiger partial charge in [0.05, 0.1) is 12.5 Å². The Balaban J connectivity index is 2.61. The van der Waals surface area contributed by atoms with E-state index in [4.69, 9.17) is 5.11 Å². The Bertz CT molecular complexity index is 378. The van der Waals surface area contributed by atoms with E-state index in [0.717, 1.165) is 11.3 Å². The van der Waals surface area contributed by atoms with Crippen molar-refractivity contribution < 1.29 is 15.0 Å². The number of aliphatic hydroxyl groups is 1. The summed E-state index contributed by atoms with van der Waals surface area (Å²) >= 11 is 0. The van der Waals surface area contributed by atoms with E-state index in [9.17, 15) is 9.90 Å². The normalized spacial score (nSPS) is 12.2. The minimum atomic E-state index is -0.803. The molecule has 1 rings (SSSR count). The summed E-state index contributed by atoms with van der Waals surface area (Å²) < 4.78 is 0. The molecule has 0 aliphatic heterocycles. The van der Waals surface area contributed by atoms with E-state index in [1.165, 1.54) is 0 Å². The lowest BCUT2D eigenvalue weighted by molar-refractivity contribution is -0.136. The molecule has 1 unspecified atom stereocenters. The fourth-order valence-electron chi connectivity index (χ4n) is 1.65. The zero-order valence-electron chi connectivity index (χ0n) is 10.8. The molecule has 5 nitrogen and oxygen atoms in total. The maximum absolute atomic E-state index is 10.5. The summed E-state index contributed by atoms with van der Waals surface area (Å²) in [7, 11) is 3.64. The third-order valence-corrected chi connectivity index (χ3v) is 2.78. The van der Waals surface area contributed by atoms with Gasteiger partial charge in [-0.3, -0.25) is 4.79 Å². The highest BCUT2D eigenvalue weighted by atomic mass is 16.4. The van der Waals surface area contributed by atoms with E-state index >= 15 is 0 Å². The number of benzene rings is 1. The molecule has 3 N–H and O–H groups in total. The molecule has 0 saturated heterocycles. The van der Waals surface area contributed by atoms with Gasteiger partial charge in [0.25, 0.3) is 0 Å². The number of carbonyl (C=O) groups is 1. The summed E-state index contributed by atoms with van der Waals surface area (Å²) in [5.41, 5.74) is 1.79. The third kappa shape index (κ3) is 4.35. The highest BCUT2D eigenvalue weighted by molar-refractivity contribution is 5.67. The fourth-order valence-corrected chi connectivity index (χ4v) is 1.65. The topological polar surface area (TPSA) is 72.8 Å². The predicted molar refractivity (Wildman–Crippen MR) is 70.9 cm³/mol. The lowest BCUT2D eigenvalue weighted by Gasteiger charge is -2.19. The first-order chi connectivity index (χ1) is 8.54. The summed E-state index contributed by atoms with van der Waals surface area (Å²) in [5.74, 6) is -0.803. The van der Waals surface area contributed by atoms with E-state index in [0.29, 0.717) is 13.1 Å². The lowest BCUT2D eigenvalue weighted by Crippen LogP contribution is -2.21. The van der Waals surface area contributed by atoms with Crippen LogP contribution in [0.1, 0.15) is 18.1 Å². The molecule has 5 heteroatoms. The van der Waals surface area contributed by atoms with Crippen LogP contribution in [-0.2, 0) is 4.79 Å². The van der Waals surface area contributed by atoms with Crippen LogP contribution < -0.4 is 10.2 Å². The lowest BCUT2D eigenvalue weighted by atomic mass is 10.1. The molecular weight excluding hydrogens is 232 g/mol. The number of carboxylic acids is 1. The first-order valence-corrected chi connectivity index (χ1v) is 5.90. The summed E-state index contributed by atoms with van der Waals surface area (Å²) in [5, 5.41) is 21.3. The molecule has 1 atom stereocenters. The van der Waals surface area contributed by atoms with Gasteiger partial charge in [-0.2, -0.15) is 0 Å². The highest BCUT2D eigenvalue weighted by Crippen LogP contribution is 2.18. The van der Waals surface area contributed by atoms with Gasteiger partial charge in [-0.05, 0) is 24.7 Å². The second-order valence-corrected chi connectivity index (χ2v) is 4.23. The quantitative estimate of drug-likeness (QED) is 0.671. The van der Waals surface area contributed by atoms with Crippen molar-refractivity contribution in [3.05, 3.63) is 29.8 Å². The molecule has 0 spiro atoms. The summed E-state index contributed by atoms with van der Waals surface area (Å²) in [6.45, 7) is 0.974. The highest BCUT2D eigenvalue weighted by Gasteiger charge is 2.08. The molecule has 0 aromatic heterocycles. The number of likely N-dealkylation sites (N-methyl/N-ethyl adjacent to an activating group) is 1. The minimum Gasteiger partial charge on any atom is -0.481 e. The maximum Gasteiger partial charge on any atom is 0.305 e. The first kappa shape index (κ1) is 14.5. The van der Waals surface area contributed by atoms with Crippen LogP contribution in [0.3, 0.4) is 0 Å². The molecule has 18 heavy (non-hydrogen) atoms. The SMILES string of the molecule is CNCC(O)c1ccc(N(C)CCC(=O)O)cc1. The van der Waals surface area contributed by atoms with Gasteiger partial charge >= 0.3 is 5.97 Å². The zero-order valence-corrected chi connectivity index (χ0v) is 10.8. The average molecular weight is 252 g/mol. The molecule has 0 bridgehead atoms. The molecule has 0 amide bonds. The van der Waals surface area contributed by atoms with E-state index in [2.05, 4.69) is 5.32 Å². The van der Waals surface area contributed by atoms with Crippen molar-refractivity contribution in [3.8, 4) is 0 Å². The Morgan fingerprint density at radius 1 is 1.39 bits per heavy atom. The van der Waals surface area contributed by atoms with Crippen molar-refractivity contribution in [2.24, 2.45) is 0 Å². The zero-order chi connectivity index (χ0) is 13.5. The third-order valence-electron chi connectivity index (χ3n) is 2.78. The van der Waals surface area contributed by atoms with Crippen LogP contribution in [0.25, 0.3) is 0 Å². The van der Waals surface area contributed by atoms with Crippen molar-refractivity contribution >= 4 is 11.7 Å². The van der Waals surface area contributed by atoms with Crippen molar-refractivity contribution in [1.82, 2.24) is 5.32 Å². The number of hydrogen-bond acceptors (Lipinski definition) is 4. The summed E-state index contributed by atoms with van der Waals surface area (Å²) in [6, 6.07) is 7.48. The van der Waals surface area contributed by atoms with Gasteiger partial charge in [-0.1, -0.05) is 12.1 Å². The van der Waals surface area contributed by atoms with Gasteiger partial charge in [-0.15, -0.1) is 0 Å². The van der Waals surface area contributed by atoms with Crippen LogP contribution in [0.5, 0.6) is 0 Å². The number of aliphatic carboxylic acids is 1. The molecule has 1 aromatic carbocycles. The maximum atomic E-state index is 10.5. The molecule has 1 aromatic rings. The van der Waals surface area contributed by atoms with Crippen LogP contribution in [0.15, 0.2) is 24.3 Å². The van der Waals surface area contributed by atoms with Gasteiger partial charge in [0, 0.05) is 25.8 Å². The van der Waals surface area contributed by atoms with E-state index in [-0.39, 0.29) is 6.42 Å². The van der Waals surface area contributed by atoms with Gasteiger partial charge in [0.2, 0.25) is 0 Å². The van der Waals surface area contributed by atoms with E-state index < -0.39 is 12.1 Å². The predicted octanol–water partition coefficient (Wildman–Crippen LogP) is 0.850. The molecule has 0 saturated carbocycles. The summed E-state index contributed by atoms with van der Waals surface area (Å²) in [4.78, 5) is 12.4. The number of anilines is 1. The van der Waals surface area contributed by atoms with Crippen LogP contribution >= 0.6 is 0 Å². The Morgan fingerprint density at radius 3 is 2.50 bits per heavy atom. The Kier molecular flexibility index (Phi) is 5.61. The van der Waals surface area contributed by atoms with Crippen molar-refractivity contribution in [2.45, 2.75) is 12.5 Å². The molecule has 0 aliphatic rings. The molecule has 0 fully saturated rings. The van der Waals surface area contributed by atoms with E-state index in [1.807, 2.05) is 36.2 Å². The number of nitrogens with zero attached hydrogens (tertiary/aromatic N) is 1. The smallest absolute Gasteiger partial charge is 0.305 e. The molecule has 100 valence electrons. The minimum absolute atomic E-state index is 0.112. The van der Waals surface area contributed by atoms with Gasteiger partial charge < -0.3 is 20.4 Å². The van der Waals surface area contributed by atoms with Crippen LogP contribution in [0.4, 0.5) is 5.69 Å². The second kappa shape index (κ2) is 6.98. The van der Waals surface area contributed by atoms with Gasteiger partial charge in [-0.25, -0.2) is 0 Å². The molecule has 0 radical (unpaired) electrons. The van der Waals surface area contributed by atoms with Crippen molar-refractivity contribution in [1.29, 1.82) is 0 Å². The number of aliphatic hydroxyl groups excluding tert-OH is 1. The second-order valence-electron chi connectivity index (χ2n) is 4.23. The van der Waals surface area contributed by atoms with Crippen molar-refractivity contribution in [3.63, 3.8) is 0 Å². The standard InChI is InChI=1S/C13H20N2O3/c1-14-9-12(16)10-3-5-11(6-4-10)15(2)8-7-13(17)18/h3-6,12,14,16H,7-9H2,1-2H3,(H,17,18). The van der Waals surface area contributed by atoms with Crippen LogP contribution in [0.2, 0.25) is 0 Å². The van der Waals surface area contributed by atoms with Gasteiger partial charge in [0.1, 0.15) is 0 Å². The first-order valence-electron chi connectivity index (χ1n) is 5.90. The Hall–Kier alpha value is -1.59. The van der Waals surface area contributed by atoms with Gasteiger partial charge in [0.15, 0.2) is 0 Å².